The Morgan fingerprint density at radius 3 is 2.40 bits per heavy atom. The molecule has 0 aromatic heterocycles. The third-order valence-corrected chi connectivity index (χ3v) is 4.80. The molecular weight excluding hydrogens is 252 g/mol. The van der Waals surface area contributed by atoms with E-state index in [0.717, 1.165) is 48.5 Å². The smallest absolute Gasteiger partial charge is 0.119 e. The van der Waals surface area contributed by atoms with Crippen molar-refractivity contribution >= 4 is 0 Å². The van der Waals surface area contributed by atoms with Gasteiger partial charge in [-0.15, -0.1) is 0 Å². The first-order valence-electron chi connectivity index (χ1n) is 7.40. The van der Waals surface area contributed by atoms with Crippen LogP contribution in [0, 0.1) is 12.8 Å². The van der Waals surface area contributed by atoms with Crippen molar-refractivity contribution in [1.82, 2.24) is 0 Å². The van der Waals surface area contributed by atoms with E-state index in [0.29, 0.717) is 0 Å². The third-order valence-electron chi connectivity index (χ3n) is 4.80. The molecular formula is C17H26O3. The fourth-order valence-electron chi connectivity index (χ4n) is 3.21. The number of ether oxygens (including phenoxy) is 2. The molecule has 112 valence electrons. The predicted molar refractivity (Wildman–Crippen MR) is 80.1 cm³/mol. The van der Waals surface area contributed by atoms with Crippen LogP contribution in [-0.2, 0) is 4.74 Å². The summed E-state index contributed by atoms with van der Waals surface area (Å²) in [6.45, 7) is 4.28. The summed E-state index contributed by atoms with van der Waals surface area (Å²) in [5.41, 5.74) is 1.56. The van der Waals surface area contributed by atoms with Crippen molar-refractivity contribution in [1.29, 1.82) is 0 Å². The van der Waals surface area contributed by atoms with Crippen molar-refractivity contribution in [2.75, 3.05) is 14.2 Å². The quantitative estimate of drug-likeness (QED) is 0.914. The fourth-order valence-corrected chi connectivity index (χ4v) is 3.21. The van der Waals surface area contributed by atoms with Gasteiger partial charge in [-0.2, -0.15) is 0 Å². The molecule has 1 unspecified atom stereocenters. The monoisotopic (exact) mass is 278 g/mol. The second-order valence-corrected chi connectivity index (χ2v) is 6.08. The van der Waals surface area contributed by atoms with Gasteiger partial charge in [0, 0.05) is 7.11 Å². The number of hydrogen-bond donors (Lipinski definition) is 1. The Bertz CT molecular complexity index is 448. The van der Waals surface area contributed by atoms with Gasteiger partial charge in [0.2, 0.25) is 0 Å². The molecule has 0 aliphatic heterocycles. The highest BCUT2D eigenvalue weighted by Crippen LogP contribution is 2.43. The minimum Gasteiger partial charge on any atom is -0.497 e. The lowest BCUT2D eigenvalue weighted by Crippen LogP contribution is -2.42. The molecule has 3 heteroatoms. The first-order valence-corrected chi connectivity index (χ1v) is 7.40. The first-order chi connectivity index (χ1) is 9.52. The molecule has 0 amide bonds. The van der Waals surface area contributed by atoms with Gasteiger partial charge < -0.3 is 14.6 Å². The largest absolute Gasteiger partial charge is 0.497 e. The molecule has 1 aliphatic carbocycles. The van der Waals surface area contributed by atoms with Crippen molar-refractivity contribution in [3.8, 4) is 5.75 Å². The van der Waals surface area contributed by atoms with E-state index in [1.54, 1.807) is 14.2 Å². The normalized spacial score (nSPS) is 28.1. The molecule has 0 heterocycles. The second-order valence-electron chi connectivity index (χ2n) is 6.08. The van der Waals surface area contributed by atoms with Gasteiger partial charge in [-0.1, -0.05) is 13.0 Å². The summed E-state index contributed by atoms with van der Waals surface area (Å²) in [4.78, 5) is 0. The van der Waals surface area contributed by atoms with E-state index in [1.807, 2.05) is 25.1 Å². The summed E-state index contributed by atoms with van der Waals surface area (Å²) in [5, 5.41) is 10.9. The van der Waals surface area contributed by atoms with E-state index in [-0.39, 0.29) is 0 Å². The Morgan fingerprint density at radius 1 is 1.25 bits per heavy atom. The van der Waals surface area contributed by atoms with Crippen LogP contribution < -0.4 is 4.74 Å². The van der Waals surface area contributed by atoms with Gasteiger partial charge in [0.05, 0.1) is 12.7 Å². The minimum atomic E-state index is -0.578. The lowest BCUT2D eigenvalue weighted by atomic mass is 9.74. The highest BCUT2D eigenvalue weighted by molar-refractivity contribution is 5.37. The Morgan fingerprint density at radius 2 is 1.90 bits per heavy atom. The van der Waals surface area contributed by atoms with E-state index >= 15 is 0 Å². The maximum absolute atomic E-state index is 10.9. The highest BCUT2D eigenvalue weighted by Gasteiger charge is 2.41. The van der Waals surface area contributed by atoms with Gasteiger partial charge in [-0.25, -0.2) is 0 Å². The SMILES string of the molecule is COc1ccc(C(O)C2(OC)CCC(C)CC2)c(C)c1. The number of aryl methyl sites for hydroxylation is 1. The van der Waals surface area contributed by atoms with E-state index in [4.69, 9.17) is 9.47 Å². The molecule has 1 atom stereocenters. The molecule has 2 rings (SSSR count). The van der Waals surface area contributed by atoms with Gasteiger partial charge in [-0.05, 0) is 61.8 Å². The molecule has 0 spiro atoms. The molecule has 1 saturated carbocycles. The van der Waals surface area contributed by atoms with Crippen LogP contribution in [0.4, 0.5) is 0 Å². The maximum atomic E-state index is 10.9. The molecule has 0 radical (unpaired) electrons. The van der Waals surface area contributed by atoms with E-state index in [1.165, 1.54) is 0 Å². The first kappa shape index (κ1) is 15.3. The Balaban J connectivity index is 2.26. The van der Waals surface area contributed by atoms with Crippen LogP contribution in [0.2, 0.25) is 0 Å². The number of benzene rings is 1. The maximum Gasteiger partial charge on any atom is 0.119 e. The summed E-state index contributed by atoms with van der Waals surface area (Å²) in [5.74, 6) is 1.55. The molecule has 1 aliphatic rings. The van der Waals surface area contributed by atoms with Crippen LogP contribution in [0.15, 0.2) is 18.2 Å². The van der Waals surface area contributed by atoms with Crippen molar-refractivity contribution in [3.05, 3.63) is 29.3 Å². The number of aliphatic hydroxyl groups is 1. The van der Waals surface area contributed by atoms with Crippen LogP contribution >= 0.6 is 0 Å². The van der Waals surface area contributed by atoms with Gasteiger partial charge in [0.25, 0.3) is 0 Å². The molecule has 1 aromatic carbocycles. The van der Waals surface area contributed by atoms with Gasteiger partial charge in [-0.3, -0.25) is 0 Å². The Hall–Kier alpha value is -1.06. The topological polar surface area (TPSA) is 38.7 Å². The van der Waals surface area contributed by atoms with Crippen LogP contribution in [0.3, 0.4) is 0 Å². The zero-order valence-electron chi connectivity index (χ0n) is 13.0. The second kappa shape index (κ2) is 6.15. The number of aliphatic hydroxyl groups excluding tert-OH is 1. The van der Waals surface area contributed by atoms with Gasteiger partial charge in [0.1, 0.15) is 11.9 Å². The van der Waals surface area contributed by atoms with E-state index in [9.17, 15) is 5.11 Å². The minimum absolute atomic E-state index is 0.439. The van der Waals surface area contributed by atoms with Crippen LogP contribution in [0.25, 0.3) is 0 Å². The lowest BCUT2D eigenvalue weighted by molar-refractivity contribution is -0.130. The molecule has 1 aromatic rings. The van der Waals surface area contributed by atoms with Crippen LogP contribution in [0.1, 0.15) is 49.8 Å². The fraction of sp³-hybridized carbons (Fsp3) is 0.647. The summed E-state index contributed by atoms with van der Waals surface area (Å²) in [7, 11) is 3.38. The van der Waals surface area contributed by atoms with Gasteiger partial charge in [0.15, 0.2) is 0 Å². The molecule has 3 nitrogen and oxygen atoms in total. The van der Waals surface area contributed by atoms with Crippen LogP contribution in [0.5, 0.6) is 5.75 Å². The molecule has 1 N–H and O–H groups in total. The van der Waals surface area contributed by atoms with Crippen LogP contribution in [-0.4, -0.2) is 24.9 Å². The zero-order chi connectivity index (χ0) is 14.8. The van der Waals surface area contributed by atoms with Crippen molar-refractivity contribution < 1.29 is 14.6 Å². The van der Waals surface area contributed by atoms with Crippen molar-refractivity contribution in [3.63, 3.8) is 0 Å². The standard InChI is InChI=1S/C17H26O3/c1-12-7-9-17(20-4,10-8-12)16(18)15-6-5-14(19-3)11-13(15)2/h5-6,11-12,16,18H,7-10H2,1-4H3. The summed E-state index contributed by atoms with van der Waals surface area (Å²) < 4.78 is 11.0. The third kappa shape index (κ3) is 2.84. The van der Waals surface area contributed by atoms with E-state index < -0.39 is 11.7 Å². The van der Waals surface area contributed by atoms with Crippen molar-refractivity contribution in [2.45, 2.75) is 51.2 Å². The highest BCUT2D eigenvalue weighted by atomic mass is 16.5. The number of methoxy groups -OCH3 is 2. The summed E-state index contributed by atoms with van der Waals surface area (Å²) in [6.07, 6.45) is 3.47. The Kier molecular flexibility index (Phi) is 4.71. The molecule has 20 heavy (non-hydrogen) atoms. The summed E-state index contributed by atoms with van der Waals surface area (Å²) >= 11 is 0. The van der Waals surface area contributed by atoms with E-state index in [2.05, 4.69) is 6.92 Å². The number of hydrogen-bond acceptors (Lipinski definition) is 3. The number of rotatable bonds is 4. The molecule has 0 saturated heterocycles. The average molecular weight is 278 g/mol. The zero-order valence-corrected chi connectivity index (χ0v) is 13.0. The molecule has 1 fully saturated rings. The van der Waals surface area contributed by atoms with Crippen molar-refractivity contribution in [2.24, 2.45) is 5.92 Å². The average Bonchev–Trinajstić information content (AvgIpc) is 2.47. The molecule has 0 bridgehead atoms. The Labute approximate surface area is 121 Å². The lowest BCUT2D eigenvalue weighted by Gasteiger charge is -2.42. The van der Waals surface area contributed by atoms with Gasteiger partial charge >= 0.3 is 0 Å². The predicted octanol–water partition coefficient (Wildman–Crippen LogP) is 3.63. The summed E-state index contributed by atoms with van der Waals surface area (Å²) in [6, 6.07) is 5.82.